The number of benzene rings is 2. The van der Waals surface area contributed by atoms with E-state index in [4.69, 9.17) is 0 Å². The van der Waals surface area contributed by atoms with Crippen LogP contribution >= 0.6 is 0 Å². The number of rotatable bonds is 6. The minimum absolute atomic E-state index is 0.103. The average Bonchev–Trinajstić information content (AvgIpc) is 3.24. The normalized spacial score (nSPS) is 15.0. The molecule has 0 N–H and O–H groups in total. The van der Waals surface area contributed by atoms with Gasteiger partial charge >= 0.3 is 0 Å². The first-order valence-corrected chi connectivity index (χ1v) is 12.9. The van der Waals surface area contributed by atoms with E-state index in [1.165, 1.54) is 29.9 Å². The van der Waals surface area contributed by atoms with Crippen molar-refractivity contribution in [1.29, 1.82) is 0 Å². The molecule has 0 atom stereocenters. The van der Waals surface area contributed by atoms with Crippen LogP contribution in [0.1, 0.15) is 31.0 Å². The summed E-state index contributed by atoms with van der Waals surface area (Å²) >= 11 is 0. The Morgan fingerprint density at radius 1 is 1.06 bits per heavy atom. The Kier molecular flexibility index (Phi) is 6.64. The summed E-state index contributed by atoms with van der Waals surface area (Å²) in [7, 11) is -2.40. The van der Waals surface area contributed by atoms with Crippen LogP contribution in [0.25, 0.3) is 11.0 Å². The number of carbonyl (C=O) groups is 1. The van der Waals surface area contributed by atoms with Gasteiger partial charge in [-0.25, -0.2) is 13.1 Å². The molecule has 1 aliphatic rings. The highest BCUT2D eigenvalue weighted by Gasteiger charge is 2.28. The van der Waals surface area contributed by atoms with Crippen LogP contribution < -0.4 is 4.90 Å². The van der Waals surface area contributed by atoms with Crippen LogP contribution in [-0.2, 0) is 14.8 Å². The molecule has 2 aromatic carbocycles. The lowest BCUT2D eigenvalue weighted by molar-refractivity contribution is -0.131. The van der Waals surface area contributed by atoms with Gasteiger partial charge in [-0.1, -0.05) is 17.3 Å². The largest absolute Gasteiger partial charge is 0.368 e. The molecular formula is C24H32N6O3S. The molecule has 3 aromatic rings. The molecule has 2 heterocycles. The van der Waals surface area contributed by atoms with Crippen molar-refractivity contribution < 1.29 is 13.2 Å². The molecular weight excluding hydrogens is 452 g/mol. The van der Waals surface area contributed by atoms with E-state index in [9.17, 15) is 13.2 Å². The third-order valence-electron chi connectivity index (χ3n) is 6.34. The Labute approximate surface area is 201 Å². The monoisotopic (exact) mass is 484 g/mol. The smallest absolute Gasteiger partial charge is 0.243 e. The Bertz CT molecular complexity index is 1310. The number of nitrogens with zero attached hydrogens (tertiary/aromatic N) is 6. The van der Waals surface area contributed by atoms with Gasteiger partial charge in [0.25, 0.3) is 0 Å². The predicted molar refractivity (Wildman–Crippen MR) is 132 cm³/mol. The fourth-order valence-electron chi connectivity index (χ4n) is 4.28. The van der Waals surface area contributed by atoms with Crippen LogP contribution in [0.2, 0.25) is 0 Å². The van der Waals surface area contributed by atoms with Gasteiger partial charge in [0.2, 0.25) is 15.9 Å². The molecule has 0 aliphatic carbocycles. The van der Waals surface area contributed by atoms with Crippen molar-refractivity contribution in [2.75, 3.05) is 44.7 Å². The molecule has 0 spiro atoms. The van der Waals surface area contributed by atoms with Crippen molar-refractivity contribution >= 4 is 32.7 Å². The van der Waals surface area contributed by atoms with Crippen molar-refractivity contribution in [1.82, 2.24) is 24.2 Å². The van der Waals surface area contributed by atoms with E-state index >= 15 is 0 Å². The Morgan fingerprint density at radius 2 is 1.76 bits per heavy atom. The quantitative estimate of drug-likeness (QED) is 0.534. The van der Waals surface area contributed by atoms with Crippen LogP contribution in [0.15, 0.2) is 41.3 Å². The second kappa shape index (κ2) is 9.34. The minimum Gasteiger partial charge on any atom is -0.368 e. The summed E-state index contributed by atoms with van der Waals surface area (Å²) in [6.45, 7) is 10.5. The van der Waals surface area contributed by atoms with Crippen LogP contribution in [0, 0.1) is 13.8 Å². The molecule has 0 radical (unpaired) electrons. The van der Waals surface area contributed by atoms with E-state index in [-0.39, 0.29) is 23.4 Å². The highest BCUT2D eigenvalue weighted by molar-refractivity contribution is 7.89. The summed E-state index contributed by atoms with van der Waals surface area (Å²) in [5.41, 5.74) is 4.89. The van der Waals surface area contributed by atoms with Crippen molar-refractivity contribution in [3.63, 3.8) is 0 Å². The van der Waals surface area contributed by atoms with Gasteiger partial charge in [0.05, 0.1) is 17.0 Å². The molecule has 0 bridgehead atoms. The highest BCUT2D eigenvalue weighted by atomic mass is 32.2. The van der Waals surface area contributed by atoms with E-state index in [1.54, 1.807) is 21.7 Å². The zero-order valence-corrected chi connectivity index (χ0v) is 21.2. The number of sulfonamides is 1. The van der Waals surface area contributed by atoms with Crippen LogP contribution in [0.3, 0.4) is 0 Å². The fraction of sp³-hybridized carbons (Fsp3) is 0.458. The minimum atomic E-state index is -3.84. The lowest BCUT2D eigenvalue weighted by atomic mass is 10.1. The van der Waals surface area contributed by atoms with E-state index in [0.29, 0.717) is 31.7 Å². The topological polar surface area (TPSA) is 91.6 Å². The summed E-state index contributed by atoms with van der Waals surface area (Å²) in [4.78, 5) is 17.0. The maximum atomic E-state index is 13.1. The van der Waals surface area contributed by atoms with Gasteiger partial charge in [-0.05, 0) is 63.1 Å². The number of likely N-dealkylation sites (N-methyl/N-ethyl adjacent to an activating group) is 1. The zero-order valence-electron chi connectivity index (χ0n) is 20.4. The summed E-state index contributed by atoms with van der Waals surface area (Å²) in [6, 6.07) is 11.3. The number of fused-ring (bicyclic) bond motifs is 1. The first-order chi connectivity index (χ1) is 16.1. The number of amides is 1. The number of piperazine rings is 1. The SMILES string of the molecule is Cc1ccc(C)c(N2CCN(C(=O)CN(C)S(=O)(=O)c3ccc4c(c3)nnn4C(C)C)CC2)c1. The van der Waals surface area contributed by atoms with Crippen molar-refractivity contribution in [2.45, 2.75) is 38.6 Å². The predicted octanol–water partition coefficient (Wildman–Crippen LogP) is 2.60. The number of aryl methyl sites for hydroxylation is 2. The molecule has 1 aliphatic heterocycles. The van der Waals surface area contributed by atoms with Gasteiger partial charge in [0, 0.05) is 45.0 Å². The molecule has 1 saturated heterocycles. The molecule has 1 fully saturated rings. The second-order valence-corrected chi connectivity index (χ2v) is 11.2. The zero-order chi connectivity index (χ0) is 24.6. The lowest BCUT2D eigenvalue weighted by Crippen LogP contribution is -2.51. The van der Waals surface area contributed by atoms with Gasteiger partial charge < -0.3 is 9.80 Å². The number of hydrogen-bond donors (Lipinski definition) is 0. The summed E-state index contributed by atoms with van der Waals surface area (Å²) < 4.78 is 29.1. The van der Waals surface area contributed by atoms with E-state index in [0.717, 1.165) is 9.82 Å². The number of carbonyl (C=O) groups excluding carboxylic acids is 1. The first-order valence-electron chi connectivity index (χ1n) is 11.5. The summed E-state index contributed by atoms with van der Waals surface area (Å²) in [5.74, 6) is -0.196. The van der Waals surface area contributed by atoms with Crippen molar-refractivity contribution in [3.05, 3.63) is 47.5 Å². The fourth-order valence-corrected chi connectivity index (χ4v) is 5.42. The third kappa shape index (κ3) is 4.65. The van der Waals surface area contributed by atoms with Gasteiger partial charge in [-0.2, -0.15) is 4.31 Å². The molecule has 4 rings (SSSR count). The van der Waals surface area contributed by atoms with E-state index < -0.39 is 10.0 Å². The van der Waals surface area contributed by atoms with Crippen LogP contribution in [0.5, 0.6) is 0 Å². The number of aromatic nitrogens is 3. The summed E-state index contributed by atoms with van der Waals surface area (Å²) in [6.07, 6.45) is 0. The molecule has 9 nitrogen and oxygen atoms in total. The molecule has 34 heavy (non-hydrogen) atoms. The molecule has 0 saturated carbocycles. The van der Waals surface area contributed by atoms with Gasteiger partial charge in [0.15, 0.2) is 0 Å². The molecule has 182 valence electrons. The van der Waals surface area contributed by atoms with Gasteiger partial charge in [-0.15, -0.1) is 5.10 Å². The van der Waals surface area contributed by atoms with Gasteiger partial charge in [-0.3, -0.25) is 4.79 Å². The molecule has 10 heteroatoms. The second-order valence-electron chi connectivity index (χ2n) is 9.20. The van der Waals surface area contributed by atoms with Crippen molar-refractivity contribution in [3.8, 4) is 0 Å². The molecule has 1 amide bonds. The van der Waals surface area contributed by atoms with Crippen LogP contribution in [0.4, 0.5) is 5.69 Å². The van der Waals surface area contributed by atoms with Crippen LogP contribution in [-0.4, -0.2) is 78.3 Å². The Morgan fingerprint density at radius 3 is 2.44 bits per heavy atom. The van der Waals surface area contributed by atoms with Crippen molar-refractivity contribution in [2.24, 2.45) is 0 Å². The average molecular weight is 485 g/mol. The van der Waals surface area contributed by atoms with E-state index in [2.05, 4.69) is 47.3 Å². The molecule has 0 unspecified atom stereocenters. The summed E-state index contributed by atoms with van der Waals surface area (Å²) in [5, 5.41) is 8.21. The highest BCUT2D eigenvalue weighted by Crippen LogP contribution is 2.24. The maximum absolute atomic E-state index is 13.1. The third-order valence-corrected chi connectivity index (χ3v) is 8.13. The standard InChI is InChI=1S/C24H32N6O3S/c1-17(2)30-22-9-8-20(15-21(22)25-26-30)34(32,33)27(5)16-24(31)29-12-10-28(11-13-29)23-14-18(3)6-7-19(23)4/h6-9,14-15,17H,10-13,16H2,1-5H3. The maximum Gasteiger partial charge on any atom is 0.243 e. The van der Waals surface area contributed by atoms with Gasteiger partial charge in [0.1, 0.15) is 5.52 Å². The number of anilines is 1. The Balaban J connectivity index is 1.41. The molecule has 1 aromatic heterocycles. The van der Waals surface area contributed by atoms with E-state index in [1.807, 2.05) is 13.8 Å². The number of hydrogen-bond acceptors (Lipinski definition) is 6. The first kappa shape index (κ1) is 24.2. The lowest BCUT2D eigenvalue weighted by Gasteiger charge is -2.37. The Hall–Kier alpha value is -2.98.